The normalized spacial score (nSPS) is 24.1. The molecule has 0 atom stereocenters. The average Bonchev–Trinajstić information content (AvgIpc) is 1.81. The number of hydrogen-bond acceptors (Lipinski definition) is 3. The fourth-order valence-corrected chi connectivity index (χ4v) is 1.52. The number of hydrogen-bond donors (Lipinski definition) is 2. The van der Waals surface area contributed by atoms with Crippen molar-refractivity contribution in [1.82, 2.24) is 0 Å². The molecule has 62 valence electrons. The van der Waals surface area contributed by atoms with Crippen LogP contribution in [0.1, 0.15) is 26.7 Å². The molecule has 0 unspecified atom stereocenters. The summed E-state index contributed by atoms with van der Waals surface area (Å²) in [5.74, 6) is 0.0714. The Bertz CT molecular complexity index is 230. The maximum absolute atomic E-state index is 11.2. The fraction of sp³-hybridized carbons (Fsp3) is 0.625. The molecule has 1 aliphatic carbocycles. The van der Waals surface area contributed by atoms with E-state index in [1.807, 2.05) is 13.8 Å². The van der Waals surface area contributed by atoms with E-state index in [-0.39, 0.29) is 11.2 Å². The zero-order valence-corrected chi connectivity index (χ0v) is 7.74. The lowest BCUT2D eigenvalue weighted by Crippen LogP contribution is -2.26. The first-order valence-corrected chi connectivity index (χ1v) is 4.08. The van der Waals surface area contributed by atoms with E-state index in [4.69, 9.17) is 5.73 Å². The van der Waals surface area contributed by atoms with Crippen LogP contribution in [0.2, 0.25) is 0 Å². The highest BCUT2D eigenvalue weighted by molar-refractivity contribution is 7.85. The molecule has 0 amide bonds. The molecule has 11 heavy (non-hydrogen) atoms. The van der Waals surface area contributed by atoms with Crippen molar-refractivity contribution in [3.63, 3.8) is 0 Å². The van der Waals surface area contributed by atoms with Crippen LogP contribution in [-0.4, -0.2) is 5.78 Å². The van der Waals surface area contributed by atoms with E-state index in [2.05, 4.69) is 12.6 Å². The van der Waals surface area contributed by atoms with Crippen LogP contribution in [0.4, 0.5) is 0 Å². The van der Waals surface area contributed by atoms with Gasteiger partial charge in [-0.05, 0) is 11.8 Å². The zero-order chi connectivity index (χ0) is 8.65. The van der Waals surface area contributed by atoms with E-state index in [9.17, 15) is 4.79 Å². The van der Waals surface area contributed by atoms with Gasteiger partial charge in [0.05, 0.1) is 4.91 Å². The SMILES string of the molecule is CC1(C)CC(=O)C(S)=C(N)C1. The van der Waals surface area contributed by atoms with E-state index in [0.29, 0.717) is 17.0 Å². The molecule has 1 aliphatic rings. The minimum absolute atomic E-state index is 0.0212. The molecule has 0 aliphatic heterocycles. The standard InChI is InChI=1S/C8H13NOS/c1-8(2)3-5(9)7(11)6(10)4-8/h11H,3-4,9H2,1-2H3. The van der Waals surface area contributed by atoms with Gasteiger partial charge in [0.15, 0.2) is 5.78 Å². The number of rotatable bonds is 0. The van der Waals surface area contributed by atoms with Gasteiger partial charge in [0.1, 0.15) is 0 Å². The van der Waals surface area contributed by atoms with Crippen LogP contribution < -0.4 is 5.73 Å². The first-order valence-electron chi connectivity index (χ1n) is 3.63. The molecule has 1 rings (SSSR count). The molecule has 0 saturated heterocycles. The predicted octanol–water partition coefficient (Wildman–Crippen LogP) is 1.48. The van der Waals surface area contributed by atoms with Crippen molar-refractivity contribution >= 4 is 18.4 Å². The molecular formula is C8H13NOS. The van der Waals surface area contributed by atoms with Crippen molar-refractivity contribution in [3.05, 3.63) is 10.6 Å². The minimum Gasteiger partial charge on any atom is -0.401 e. The zero-order valence-electron chi connectivity index (χ0n) is 6.85. The summed E-state index contributed by atoms with van der Waals surface area (Å²) in [6.45, 7) is 4.08. The Morgan fingerprint density at radius 1 is 1.45 bits per heavy atom. The van der Waals surface area contributed by atoms with Crippen molar-refractivity contribution in [2.24, 2.45) is 11.1 Å². The molecule has 3 heteroatoms. The lowest BCUT2D eigenvalue weighted by molar-refractivity contribution is -0.117. The van der Waals surface area contributed by atoms with Gasteiger partial charge in [-0.3, -0.25) is 4.79 Å². The third kappa shape index (κ3) is 1.77. The first-order chi connectivity index (χ1) is 4.92. The molecule has 0 heterocycles. The van der Waals surface area contributed by atoms with Crippen LogP contribution in [0.3, 0.4) is 0 Å². The van der Waals surface area contributed by atoms with Gasteiger partial charge in [0.2, 0.25) is 0 Å². The highest BCUT2D eigenvalue weighted by Gasteiger charge is 2.30. The molecule has 0 spiro atoms. The highest BCUT2D eigenvalue weighted by atomic mass is 32.1. The van der Waals surface area contributed by atoms with Gasteiger partial charge in [0.25, 0.3) is 0 Å². The van der Waals surface area contributed by atoms with Gasteiger partial charge in [-0.2, -0.15) is 0 Å². The lowest BCUT2D eigenvalue weighted by atomic mass is 9.79. The smallest absolute Gasteiger partial charge is 0.171 e. The molecule has 0 saturated carbocycles. The van der Waals surface area contributed by atoms with Gasteiger partial charge in [-0.1, -0.05) is 13.8 Å². The second kappa shape index (κ2) is 2.55. The van der Waals surface area contributed by atoms with Crippen molar-refractivity contribution in [3.8, 4) is 0 Å². The monoisotopic (exact) mass is 171 g/mol. The largest absolute Gasteiger partial charge is 0.401 e. The Morgan fingerprint density at radius 3 is 2.45 bits per heavy atom. The summed E-state index contributed by atoms with van der Waals surface area (Å²) in [7, 11) is 0. The number of allylic oxidation sites excluding steroid dienone is 2. The number of carbonyl (C=O) groups is 1. The van der Waals surface area contributed by atoms with Crippen LogP contribution >= 0.6 is 12.6 Å². The minimum atomic E-state index is 0.0212. The summed E-state index contributed by atoms with van der Waals surface area (Å²) < 4.78 is 0. The summed E-state index contributed by atoms with van der Waals surface area (Å²) in [6, 6.07) is 0. The predicted molar refractivity (Wildman–Crippen MR) is 48.2 cm³/mol. The van der Waals surface area contributed by atoms with Crippen LogP contribution in [0, 0.1) is 5.41 Å². The van der Waals surface area contributed by atoms with Gasteiger partial charge in [-0.15, -0.1) is 12.6 Å². The first kappa shape index (κ1) is 8.65. The fourth-order valence-electron chi connectivity index (χ4n) is 1.36. The van der Waals surface area contributed by atoms with E-state index in [1.165, 1.54) is 0 Å². The van der Waals surface area contributed by atoms with Crippen molar-refractivity contribution in [2.75, 3.05) is 0 Å². The second-order valence-corrected chi connectivity index (χ2v) is 4.26. The molecule has 0 aromatic rings. The summed E-state index contributed by atoms with van der Waals surface area (Å²) in [5, 5.41) is 0. The van der Waals surface area contributed by atoms with E-state index >= 15 is 0 Å². The molecular weight excluding hydrogens is 158 g/mol. The van der Waals surface area contributed by atoms with E-state index in [1.54, 1.807) is 0 Å². The maximum atomic E-state index is 11.2. The third-order valence-corrected chi connectivity index (χ3v) is 2.41. The van der Waals surface area contributed by atoms with Gasteiger partial charge >= 0.3 is 0 Å². The molecule has 2 N–H and O–H groups in total. The summed E-state index contributed by atoms with van der Waals surface area (Å²) in [5.41, 5.74) is 6.28. The van der Waals surface area contributed by atoms with Crippen LogP contribution in [0.15, 0.2) is 10.6 Å². The van der Waals surface area contributed by atoms with Gasteiger partial charge in [-0.25, -0.2) is 0 Å². The highest BCUT2D eigenvalue weighted by Crippen LogP contribution is 2.35. The van der Waals surface area contributed by atoms with Crippen molar-refractivity contribution in [1.29, 1.82) is 0 Å². The van der Waals surface area contributed by atoms with E-state index < -0.39 is 0 Å². The molecule has 0 fully saturated rings. The van der Waals surface area contributed by atoms with Crippen LogP contribution in [0.25, 0.3) is 0 Å². The Hall–Kier alpha value is -0.440. The Kier molecular flexibility index (Phi) is 2.01. The van der Waals surface area contributed by atoms with Gasteiger partial charge < -0.3 is 5.73 Å². The Labute approximate surface area is 72.3 Å². The molecule has 2 nitrogen and oxygen atoms in total. The average molecular weight is 171 g/mol. The molecule has 0 radical (unpaired) electrons. The molecule has 0 aromatic heterocycles. The number of carbonyl (C=O) groups excluding carboxylic acids is 1. The summed E-state index contributed by atoms with van der Waals surface area (Å²) in [6.07, 6.45) is 1.34. The maximum Gasteiger partial charge on any atom is 0.171 e. The lowest BCUT2D eigenvalue weighted by Gasteiger charge is -2.28. The van der Waals surface area contributed by atoms with Gasteiger partial charge in [0, 0.05) is 12.1 Å². The summed E-state index contributed by atoms with van der Waals surface area (Å²) in [4.78, 5) is 11.7. The van der Waals surface area contributed by atoms with Crippen molar-refractivity contribution in [2.45, 2.75) is 26.7 Å². The third-order valence-electron chi connectivity index (χ3n) is 1.88. The number of nitrogens with two attached hydrogens (primary N) is 1. The van der Waals surface area contributed by atoms with E-state index in [0.717, 1.165) is 6.42 Å². The quantitative estimate of drug-likeness (QED) is 0.542. The number of ketones is 1. The van der Waals surface area contributed by atoms with Crippen molar-refractivity contribution < 1.29 is 4.79 Å². The molecule has 0 aromatic carbocycles. The number of Topliss-reactive ketones (excluding diaryl/α,β-unsaturated/α-hetero) is 1. The molecule has 0 bridgehead atoms. The van der Waals surface area contributed by atoms with Crippen LogP contribution in [0.5, 0.6) is 0 Å². The number of thiol groups is 1. The Balaban J connectivity index is 2.94. The topological polar surface area (TPSA) is 43.1 Å². The Morgan fingerprint density at radius 2 is 2.00 bits per heavy atom. The second-order valence-electron chi connectivity index (χ2n) is 3.81. The summed E-state index contributed by atoms with van der Waals surface area (Å²) >= 11 is 4.03. The van der Waals surface area contributed by atoms with Crippen LogP contribution in [-0.2, 0) is 4.79 Å².